The molecule has 4 aliphatic carbocycles. The molecule has 5 rings (SSSR count). The topological polar surface area (TPSA) is 55.8 Å². The molecule has 0 aromatic heterocycles. The summed E-state index contributed by atoms with van der Waals surface area (Å²) in [4.78, 5) is 11.9. The Kier molecular flexibility index (Phi) is 6.14. The minimum absolute atomic E-state index is 0.0196. The first kappa shape index (κ1) is 27.0. The minimum Gasteiger partial charge on any atom is -0.462 e. The molecule has 1 N–H and O–H groups in total. The predicted molar refractivity (Wildman–Crippen MR) is 143 cm³/mol. The Hall–Kier alpha value is -0.610. The number of aliphatic hydroxyl groups excluding tert-OH is 1. The van der Waals surface area contributed by atoms with Crippen LogP contribution >= 0.6 is 0 Å². The maximum Gasteiger partial charge on any atom is 0.302 e. The standard InChI is InChI=1S/C32H54O4/c1-20(33)35-26-15-16-29(6)23(27(26,2)3)13-18-31(8)24(29)11-10-21-22(12-17-30(21,31)7)32(9)19-14-25(34)28(4,5)36-32/h21-26,34H,10-19H2,1-9H3/t21-,22+,23+,24-,25-,26+,29+,30-,31-,32+/m1/s1. The van der Waals surface area contributed by atoms with E-state index in [4.69, 9.17) is 9.47 Å². The first-order valence-corrected chi connectivity index (χ1v) is 15.1. The van der Waals surface area contributed by atoms with Crippen LogP contribution in [0.15, 0.2) is 0 Å². The maximum absolute atomic E-state index is 11.9. The maximum atomic E-state index is 11.9. The summed E-state index contributed by atoms with van der Waals surface area (Å²) >= 11 is 0. The van der Waals surface area contributed by atoms with E-state index < -0.39 is 5.60 Å². The van der Waals surface area contributed by atoms with Gasteiger partial charge in [0.1, 0.15) is 6.10 Å². The van der Waals surface area contributed by atoms with Gasteiger partial charge in [-0.25, -0.2) is 0 Å². The van der Waals surface area contributed by atoms with Gasteiger partial charge in [-0.2, -0.15) is 0 Å². The molecule has 4 nitrogen and oxygen atoms in total. The molecule has 0 aromatic carbocycles. The molecule has 10 atom stereocenters. The summed E-state index contributed by atoms with van der Waals surface area (Å²) in [5, 5.41) is 10.6. The quantitative estimate of drug-likeness (QED) is 0.402. The third-order valence-corrected chi connectivity index (χ3v) is 13.6. The highest BCUT2D eigenvalue weighted by Crippen LogP contribution is 2.76. The van der Waals surface area contributed by atoms with Gasteiger partial charge in [0.05, 0.1) is 17.3 Å². The van der Waals surface area contributed by atoms with E-state index in [1.54, 1.807) is 6.92 Å². The van der Waals surface area contributed by atoms with Crippen molar-refractivity contribution in [2.45, 2.75) is 150 Å². The van der Waals surface area contributed by atoms with Crippen molar-refractivity contribution in [2.75, 3.05) is 0 Å². The fourth-order valence-electron chi connectivity index (χ4n) is 11.6. The molecule has 0 amide bonds. The molecule has 0 unspecified atom stereocenters. The van der Waals surface area contributed by atoms with E-state index in [0.717, 1.165) is 25.2 Å². The minimum atomic E-state index is -0.467. The summed E-state index contributed by atoms with van der Waals surface area (Å²) in [6.07, 6.45) is 11.4. The van der Waals surface area contributed by atoms with E-state index >= 15 is 0 Å². The Morgan fingerprint density at radius 2 is 1.42 bits per heavy atom. The number of ether oxygens (including phenoxy) is 2. The molecule has 4 saturated carbocycles. The van der Waals surface area contributed by atoms with Crippen molar-refractivity contribution in [3.63, 3.8) is 0 Å². The molecular weight excluding hydrogens is 448 g/mol. The van der Waals surface area contributed by atoms with Gasteiger partial charge in [-0.15, -0.1) is 0 Å². The predicted octanol–water partition coefficient (Wildman–Crippen LogP) is 7.31. The fourth-order valence-corrected chi connectivity index (χ4v) is 11.6. The van der Waals surface area contributed by atoms with Gasteiger partial charge < -0.3 is 14.6 Å². The molecule has 5 fully saturated rings. The lowest BCUT2D eigenvalue weighted by atomic mass is 9.35. The zero-order valence-electron chi connectivity index (χ0n) is 24.7. The monoisotopic (exact) mass is 502 g/mol. The molecule has 0 radical (unpaired) electrons. The number of carbonyl (C=O) groups is 1. The highest BCUT2D eigenvalue weighted by Gasteiger charge is 2.70. The Morgan fingerprint density at radius 3 is 2.06 bits per heavy atom. The number of esters is 1. The van der Waals surface area contributed by atoms with Crippen LogP contribution in [0, 0.1) is 45.3 Å². The highest BCUT2D eigenvalue weighted by molar-refractivity contribution is 5.66. The Balaban J connectivity index is 1.43. The average Bonchev–Trinajstić information content (AvgIpc) is 3.12. The van der Waals surface area contributed by atoms with Crippen molar-refractivity contribution < 1.29 is 19.4 Å². The van der Waals surface area contributed by atoms with Crippen LogP contribution in [0.2, 0.25) is 0 Å². The molecule has 0 bridgehead atoms. The molecule has 1 heterocycles. The van der Waals surface area contributed by atoms with Crippen molar-refractivity contribution in [2.24, 2.45) is 45.3 Å². The number of fused-ring (bicyclic) bond motifs is 5. The van der Waals surface area contributed by atoms with Gasteiger partial charge in [0.15, 0.2) is 0 Å². The van der Waals surface area contributed by atoms with Crippen LogP contribution in [0.4, 0.5) is 0 Å². The van der Waals surface area contributed by atoms with Crippen LogP contribution < -0.4 is 0 Å². The summed E-state index contributed by atoms with van der Waals surface area (Å²) in [5.74, 6) is 2.46. The van der Waals surface area contributed by atoms with Crippen LogP contribution in [0.25, 0.3) is 0 Å². The molecule has 4 heteroatoms. The average molecular weight is 503 g/mol. The molecule has 36 heavy (non-hydrogen) atoms. The van der Waals surface area contributed by atoms with Crippen LogP contribution in [0.1, 0.15) is 127 Å². The third-order valence-electron chi connectivity index (χ3n) is 13.6. The van der Waals surface area contributed by atoms with Crippen molar-refractivity contribution in [3.8, 4) is 0 Å². The fraction of sp³-hybridized carbons (Fsp3) is 0.969. The Labute approximate surface area is 220 Å². The smallest absolute Gasteiger partial charge is 0.302 e. The Morgan fingerprint density at radius 1 is 0.750 bits per heavy atom. The van der Waals surface area contributed by atoms with E-state index in [-0.39, 0.29) is 29.2 Å². The van der Waals surface area contributed by atoms with Crippen LogP contribution in [-0.2, 0) is 14.3 Å². The number of aliphatic hydroxyl groups is 1. The van der Waals surface area contributed by atoms with Crippen LogP contribution in [0.3, 0.4) is 0 Å². The summed E-state index contributed by atoms with van der Waals surface area (Å²) in [7, 11) is 0. The summed E-state index contributed by atoms with van der Waals surface area (Å²) in [6, 6.07) is 0. The molecular formula is C32H54O4. The lowest BCUT2D eigenvalue weighted by Crippen LogP contribution is -2.64. The SMILES string of the molecule is CC(=O)O[C@H]1CC[C@]2(C)[C@H]3CC[C@@H]4[C@@H]([C@]5(C)CC[C@@H](O)C(C)(C)O5)CC[C@@]4(C)[C@]3(C)CC[C@H]2C1(C)C. The van der Waals surface area contributed by atoms with E-state index in [2.05, 4.69) is 55.4 Å². The van der Waals surface area contributed by atoms with E-state index in [1.807, 2.05) is 0 Å². The largest absolute Gasteiger partial charge is 0.462 e. The first-order chi connectivity index (χ1) is 16.5. The van der Waals surface area contributed by atoms with Crippen molar-refractivity contribution in [1.82, 2.24) is 0 Å². The van der Waals surface area contributed by atoms with Crippen LogP contribution in [-0.4, -0.2) is 34.5 Å². The van der Waals surface area contributed by atoms with Gasteiger partial charge in [-0.05, 0) is 125 Å². The zero-order chi connectivity index (χ0) is 26.5. The summed E-state index contributed by atoms with van der Waals surface area (Å²) < 4.78 is 12.7. The lowest BCUT2D eigenvalue weighted by Gasteiger charge is -2.70. The van der Waals surface area contributed by atoms with Gasteiger partial charge in [-0.3, -0.25) is 4.79 Å². The van der Waals surface area contributed by atoms with E-state index in [1.165, 1.54) is 44.9 Å². The van der Waals surface area contributed by atoms with E-state index in [0.29, 0.717) is 34.0 Å². The van der Waals surface area contributed by atoms with Crippen molar-refractivity contribution >= 4 is 5.97 Å². The van der Waals surface area contributed by atoms with Crippen molar-refractivity contribution in [3.05, 3.63) is 0 Å². The van der Waals surface area contributed by atoms with Crippen molar-refractivity contribution in [1.29, 1.82) is 0 Å². The number of hydrogen-bond donors (Lipinski definition) is 1. The molecule has 1 aliphatic heterocycles. The number of hydrogen-bond acceptors (Lipinski definition) is 4. The van der Waals surface area contributed by atoms with Gasteiger partial charge in [-0.1, -0.05) is 34.6 Å². The summed E-state index contributed by atoms with van der Waals surface area (Å²) in [5.41, 5.74) is 0.380. The highest BCUT2D eigenvalue weighted by atomic mass is 16.5. The first-order valence-electron chi connectivity index (χ1n) is 15.1. The third kappa shape index (κ3) is 3.55. The second-order valence-electron chi connectivity index (χ2n) is 15.8. The normalized spacial score (nSPS) is 53.6. The molecule has 5 aliphatic rings. The second kappa shape index (κ2) is 8.20. The Bertz CT molecular complexity index is 895. The van der Waals surface area contributed by atoms with Gasteiger partial charge >= 0.3 is 5.97 Å². The van der Waals surface area contributed by atoms with E-state index in [9.17, 15) is 9.90 Å². The van der Waals surface area contributed by atoms with Gasteiger partial charge in [0.2, 0.25) is 0 Å². The zero-order valence-corrected chi connectivity index (χ0v) is 24.7. The number of carbonyl (C=O) groups excluding carboxylic acids is 1. The lowest BCUT2D eigenvalue weighted by molar-refractivity contribution is -0.254. The van der Waals surface area contributed by atoms with Gasteiger partial charge in [0.25, 0.3) is 0 Å². The summed E-state index contributed by atoms with van der Waals surface area (Å²) in [6.45, 7) is 20.8. The molecule has 1 saturated heterocycles. The number of rotatable bonds is 2. The molecule has 0 spiro atoms. The molecule has 206 valence electrons. The van der Waals surface area contributed by atoms with Gasteiger partial charge in [0, 0.05) is 12.3 Å². The molecule has 0 aromatic rings. The second-order valence-corrected chi connectivity index (χ2v) is 15.8. The van der Waals surface area contributed by atoms with Crippen LogP contribution in [0.5, 0.6) is 0 Å².